The van der Waals surface area contributed by atoms with E-state index in [9.17, 15) is 18.0 Å². The van der Waals surface area contributed by atoms with Gasteiger partial charge in [0.05, 0.1) is 22.0 Å². The van der Waals surface area contributed by atoms with Crippen molar-refractivity contribution in [1.29, 1.82) is 0 Å². The second-order valence-corrected chi connectivity index (χ2v) is 6.11. The number of carbonyl (C=O) groups is 1. The van der Waals surface area contributed by atoms with Gasteiger partial charge in [0, 0.05) is 5.75 Å². The van der Waals surface area contributed by atoms with Gasteiger partial charge in [-0.05, 0) is 23.8 Å². The van der Waals surface area contributed by atoms with E-state index in [4.69, 9.17) is 11.6 Å². The minimum absolute atomic E-state index is 0.126. The van der Waals surface area contributed by atoms with E-state index < -0.39 is 11.7 Å². The van der Waals surface area contributed by atoms with Crippen molar-refractivity contribution in [1.82, 2.24) is 0 Å². The molecule has 2 rings (SSSR count). The highest BCUT2D eigenvalue weighted by Gasteiger charge is 2.30. The maximum absolute atomic E-state index is 12.6. The van der Waals surface area contributed by atoms with Crippen LogP contribution in [0.15, 0.2) is 48.5 Å². The highest BCUT2D eigenvalue weighted by molar-refractivity contribution is 7.99. The number of halogens is 4. The van der Waals surface area contributed by atoms with Gasteiger partial charge >= 0.3 is 6.18 Å². The smallest absolute Gasteiger partial charge is 0.324 e. The molecule has 122 valence electrons. The quantitative estimate of drug-likeness (QED) is 0.791. The first-order valence-electron chi connectivity index (χ1n) is 6.64. The summed E-state index contributed by atoms with van der Waals surface area (Å²) in [5.74, 6) is 0.191. The molecule has 2 nitrogen and oxygen atoms in total. The summed E-state index contributed by atoms with van der Waals surface area (Å²) in [7, 11) is 0. The van der Waals surface area contributed by atoms with Gasteiger partial charge in [-0.3, -0.25) is 4.79 Å². The lowest BCUT2D eigenvalue weighted by atomic mass is 10.1. The second kappa shape index (κ2) is 7.75. The zero-order valence-corrected chi connectivity index (χ0v) is 13.4. The SMILES string of the molecule is O=C(CSCc1cccc(C(F)(F)F)c1)Nc1ccccc1Cl. The van der Waals surface area contributed by atoms with Gasteiger partial charge in [-0.25, -0.2) is 0 Å². The van der Waals surface area contributed by atoms with Crippen LogP contribution >= 0.6 is 23.4 Å². The normalized spacial score (nSPS) is 11.3. The molecule has 0 bridgehead atoms. The number of benzene rings is 2. The zero-order chi connectivity index (χ0) is 16.9. The lowest BCUT2D eigenvalue weighted by molar-refractivity contribution is -0.137. The minimum atomic E-state index is -4.36. The van der Waals surface area contributed by atoms with Crippen LogP contribution in [0.4, 0.5) is 18.9 Å². The van der Waals surface area contributed by atoms with Crippen molar-refractivity contribution in [3.63, 3.8) is 0 Å². The number of carbonyl (C=O) groups excluding carboxylic acids is 1. The van der Waals surface area contributed by atoms with E-state index in [1.165, 1.54) is 17.8 Å². The summed E-state index contributed by atoms with van der Waals surface area (Å²) in [5, 5.41) is 3.09. The minimum Gasteiger partial charge on any atom is -0.324 e. The van der Waals surface area contributed by atoms with Gasteiger partial charge in [-0.15, -0.1) is 11.8 Å². The van der Waals surface area contributed by atoms with Crippen molar-refractivity contribution >= 4 is 35.0 Å². The highest BCUT2D eigenvalue weighted by Crippen LogP contribution is 2.30. The molecule has 0 unspecified atom stereocenters. The van der Waals surface area contributed by atoms with E-state index in [2.05, 4.69) is 5.32 Å². The molecule has 1 N–H and O–H groups in total. The van der Waals surface area contributed by atoms with Crippen LogP contribution in [0, 0.1) is 0 Å². The van der Waals surface area contributed by atoms with Crippen molar-refractivity contribution in [2.24, 2.45) is 0 Å². The predicted octanol–water partition coefficient (Wildman–Crippen LogP) is 5.23. The van der Waals surface area contributed by atoms with Gasteiger partial charge in [0.25, 0.3) is 0 Å². The Labute approximate surface area is 141 Å². The average Bonchev–Trinajstić information content (AvgIpc) is 2.49. The van der Waals surface area contributed by atoms with E-state index in [1.807, 2.05) is 0 Å². The summed E-state index contributed by atoms with van der Waals surface area (Å²) in [6, 6.07) is 11.9. The molecule has 0 spiro atoms. The predicted molar refractivity (Wildman–Crippen MR) is 87.7 cm³/mol. The number of hydrogen-bond acceptors (Lipinski definition) is 2. The number of amides is 1. The van der Waals surface area contributed by atoms with Crippen molar-refractivity contribution in [2.75, 3.05) is 11.1 Å². The summed E-state index contributed by atoms with van der Waals surface area (Å²) < 4.78 is 37.8. The molecule has 0 radical (unpaired) electrons. The molecule has 0 aliphatic rings. The maximum atomic E-state index is 12.6. The topological polar surface area (TPSA) is 29.1 Å². The number of alkyl halides is 3. The first-order chi connectivity index (χ1) is 10.9. The number of anilines is 1. The van der Waals surface area contributed by atoms with Gasteiger partial charge in [0.2, 0.25) is 5.91 Å². The molecule has 0 fully saturated rings. The molecular formula is C16H13ClF3NOS. The van der Waals surface area contributed by atoms with E-state index in [1.54, 1.807) is 30.3 Å². The van der Waals surface area contributed by atoms with Gasteiger partial charge < -0.3 is 5.32 Å². The standard InChI is InChI=1S/C16H13ClF3NOS/c17-13-6-1-2-7-14(13)21-15(22)10-23-9-11-4-3-5-12(8-11)16(18,19)20/h1-8H,9-10H2,(H,21,22). The molecule has 0 heterocycles. The molecule has 0 atom stereocenters. The summed E-state index contributed by atoms with van der Waals surface area (Å²) in [4.78, 5) is 11.8. The summed E-state index contributed by atoms with van der Waals surface area (Å²) >= 11 is 7.17. The molecule has 2 aromatic carbocycles. The Morgan fingerprint density at radius 3 is 2.57 bits per heavy atom. The third-order valence-corrected chi connectivity index (χ3v) is 4.24. The van der Waals surface area contributed by atoms with Crippen LogP contribution in [0.3, 0.4) is 0 Å². The Morgan fingerprint density at radius 1 is 1.13 bits per heavy atom. The molecule has 0 saturated carbocycles. The fraction of sp³-hybridized carbons (Fsp3) is 0.188. The first-order valence-corrected chi connectivity index (χ1v) is 8.18. The Hall–Kier alpha value is -1.66. The molecule has 7 heteroatoms. The van der Waals surface area contributed by atoms with Crippen LogP contribution in [0.1, 0.15) is 11.1 Å². The van der Waals surface area contributed by atoms with Crippen LogP contribution in [-0.4, -0.2) is 11.7 Å². The van der Waals surface area contributed by atoms with Crippen LogP contribution in [0.2, 0.25) is 5.02 Å². The highest BCUT2D eigenvalue weighted by atomic mass is 35.5. The average molecular weight is 360 g/mol. The molecule has 0 aliphatic carbocycles. The zero-order valence-electron chi connectivity index (χ0n) is 11.9. The van der Waals surface area contributed by atoms with E-state index in [0.717, 1.165) is 12.1 Å². The van der Waals surface area contributed by atoms with Gasteiger partial charge in [-0.2, -0.15) is 13.2 Å². The van der Waals surface area contributed by atoms with Crippen molar-refractivity contribution < 1.29 is 18.0 Å². The number of nitrogens with one attached hydrogen (secondary N) is 1. The van der Waals surface area contributed by atoms with Crippen LogP contribution in [-0.2, 0) is 16.7 Å². The third kappa shape index (κ3) is 5.48. The number of para-hydroxylation sites is 1. The largest absolute Gasteiger partial charge is 0.416 e. The first kappa shape index (κ1) is 17.7. The Morgan fingerprint density at radius 2 is 1.87 bits per heavy atom. The lowest BCUT2D eigenvalue weighted by Gasteiger charge is -2.09. The Bertz CT molecular complexity index is 691. The van der Waals surface area contributed by atoms with Crippen LogP contribution < -0.4 is 5.32 Å². The third-order valence-electron chi connectivity index (χ3n) is 2.90. The van der Waals surface area contributed by atoms with E-state index in [-0.39, 0.29) is 11.7 Å². The fourth-order valence-corrected chi connectivity index (χ4v) is 2.81. The molecule has 2 aromatic rings. The number of hydrogen-bond donors (Lipinski definition) is 1. The summed E-state index contributed by atoms with van der Waals surface area (Å²) in [6.07, 6.45) is -4.36. The van der Waals surface area contributed by atoms with Gasteiger partial charge in [0.1, 0.15) is 0 Å². The molecule has 0 aliphatic heterocycles. The van der Waals surface area contributed by atoms with Gasteiger partial charge in [0.15, 0.2) is 0 Å². The van der Waals surface area contributed by atoms with Crippen LogP contribution in [0.5, 0.6) is 0 Å². The Balaban J connectivity index is 1.85. The van der Waals surface area contributed by atoms with Crippen molar-refractivity contribution in [3.05, 3.63) is 64.7 Å². The van der Waals surface area contributed by atoms with E-state index >= 15 is 0 Å². The Kier molecular flexibility index (Phi) is 5.96. The molecule has 0 saturated heterocycles. The number of thioether (sulfide) groups is 1. The van der Waals surface area contributed by atoms with Crippen molar-refractivity contribution in [3.8, 4) is 0 Å². The maximum Gasteiger partial charge on any atom is 0.416 e. The van der Waals surface area contributed by atoms with Crippen LogP contribution in [0.25, 0.3) is 0 Å². The molecule has 1 amide bonds. The molecule has 23 heavy (non-hydrogen) atoms. The fourth-order valence-electron chi connectivity index (χ4n) is 1.85. The van der Waals surface area contributed by atoms with Gasteiger partial charge in [-0.1, -0.05) is 41.9 Å². The van der Waals surface area contributed by atoms with Crippen molar-refractivity contribution in [2.45, 2.75) is 11.9 Å². The monoisotopic (exact) mass is 359 g/mol. The number of rotatable bonds is 5. The molecule has 0 aromatic heterocycles. The molecular weight excluding hydrogens is 347 g/mol. The van der Waals surface area contributed by atoms with E-state index in [0.29, 0.717) is 22.0 Å². The summed E-state index contributed by atoms with van der Waals surface area (Å²) in [6.45, 7) is 0. The summed E-state index contributed by atoms with van der Waals surface area (Å²) in [5.41, 5.74) is 0.352. The lowest BCUT2D eigenvalue weighted by Crippen LogP contribution is -2.14. The second-order valence-electron chi connectivity index (χ2n) is 4.72.